The molecule has 0 aromatic carbocycles. The minimum Gasteiger partial charge on any atom is -0.192 e. The molecule has 0 unspecified atom stereocenters. The Morgan fingerprint density at radius 3 is 2.27 bits per heavy atom. The maximum atomic E-state index is 8.68. The summed E-state index contributed by atoms with van der Waals surface area (Å²) in [6.07, 6.45) is 5.25. The summed E-state index contributed by atoms with van der Waals surface area (Å²) in [6.45, 7) is 0. The summed E-state index contributed by atoms with van der Waals surface area (Å²) in [7, 11) is 0. The molecular formula is C14H8N2S6. The van der Waals surface area contributed by atoms with E-state index in [2.05, 4.69) is 5.41 Å². The van der Waals surface area contributed by atoms with Gasteiger partial charge in [0.2, 0.25) is 0 Å². The van der Waals surface area contributed by atoms with E-state index in [1.54, 1.807) is 35.7 Å². The normalized spacial score (nSPS) is 20.7. The first kappa shape index (κ1) is 16.6. The average molecular weight is 397 g/mol. The van der Waals surface area contributed by atoms with Gasteiger partial charge in [0, 0.05) is 16.4 Å². The lowest BCUT2D eigenvalue weighted by Crippen LogP contribution is -1.88. The van der Waals surface area contributed by atoms with Crippen LogP contribution >= 0.6 is 70.6 Å². The molecule has 0 aromatic rings. The van der Waals surface area contributed by atoms with Crippen molar-refractivity contribution in [2.24, 2.45) is 0 Å². The van der Waals surface area contributed by atoms with Crippen LogP contribution < -0.4 is 0 Å². The van der Waals surface area contributed by atoms with Crippen molar-refractivity contribution in [1.82, 2.24) is 0 Å². The van der Waals surface area contributed by atoms with Gasteiger partial charge in [-0.2, -0.15) is 10.5 Å². The highest BCUT2D eigenvalue weighted by Gasteiger charge is 2.28. The lowest BCUT2D eigenvalue weighted by Gasteiger charge is -2.08. The zero-order valence-electron chi connectivity index (χ0n) is 11.1. The van der Waals surface area contributed by atoms with Gasteiger partial charge >= 0.3 is 0 Å². The molecule has 0 saturated carbocycles. The molecule has 3 aliphatic rings. The van der Waals surface area contributed by atoms with Gasteiger partial charge < -0.3 is 0 Å². The Morgan fingerprint density at radius 2 is 1.64 bits per heavy atom. The maximum absolute atomic E-state index is 8.68. The molecule has 3 aliphatic heterocycles. The van der Waals surface area contributed by atoms with Gasteiger partial charge in [0.1, 0.15) is 17.7 Å². The largest absolute Gasteiger partial charge is 0.192 e. The van der Waals surface area contributed by atoms with Crippen molar-refractivity contribution in [2.45, 2.75) is 0 Å². The van der Waals surface area contributed by atoms with Gasteiger partial charge in [-0.3, -0.25) is 0 Å². The van der Waals surface area contributed by atoms with Gasteiger partial charge in [-0.05, 0) is 17.6 Å². The van der Waals surface area contributed by atoms with Crippen LogP contribution in [0.4, 0.5) is 0 Å². The van der Waals surface area contributed by atoms with E-state index in [1.807, 2.05) is 65.3 Å². The molecular weight excluding hydrogens is 389 g/mol. The van der Waals surface area contributed by atoms with Crippen LogP contribution in [0, 0.1) is 22.7 Å². The van der Waals surface area contributed by atoms with Crippen molar-refractivity contribution in [2.75, 3.05) is 11.5 Å². The van der Waals surface area contributed by atoms with Gasteiger partial charge in [-0.25, -0.2) is 0 Å². The lowest BCUT2D eigenvalue weighted by atomic mass is 10.3. The molecule has 8 heteroatoms. The van der Waals surface area contributed by atoms with Crippen LogP contribution in [-0.2, 0) is 0 Å². The van der Waals surface area contributed by atoms with E-state index in [4.69, 9.17) is 10.5 Å². The summed E-state index contributed by atoms with van der Waals surface area (Å²) in [5.41, 5.74) is 0.124. The van der Waals surface area contributed by atoms with Crippen molar-refractivity contribution in [3.63, 3.8) is 0 Å². The Morgan fingerprint density at radius 1 is 0.955 bits per heavy atom. The molecule has 3 heterocycles. The van der Waals surface area contributed by atoms with E-state index in [1.165, 1.54) is 28.5 Å². The standard InChI is InChI=1S/C14H8N2S6/c15-6-9(7-16)2-1-3-10-8-19-13(20-10)14-21-11-12(22-14)18-5-4-17-11/h1-3,8H,4-5H2/b3-1+. The SMILES string of the molecule is N#CC(C#N)=C/C=C/C1=CSC(=C2SC3=C(SCCS3)S2)S1. The second-order valence-electron chi connectivity index (χ2n) is 3.95. The molecule has 0 aliphatic carbocycles. The Hall–Kier alpha value is -0.220. The molecule has 0 bridgehead atoms. The van der Waals surface area contributed by atoms with Gasteiger partial charge in [-0.15, -0.1) is 23.5 Å². The minimum atomic E-state index is 0.124. The van der Waals surface area contributed by atoms with Crippen molar-refractivity contribution >= 4 is 70.6 Å². The minimum absolute atomic E-state index is 0.124. The molecule has 0 atom stereocenters. The van der Waals surface area contributed by atoms with Crippen molar-refractivity contribution in [3.05, 3.63) is 51.1 Å². The van der Waals surface area contributed by atoms with Crippen LogP contribution in [0.5, 0.6) is 0 Å². The molecule has 2 nitrogen and oxygen atoms in total. The number of hydrogen-bond donors (Lipinski definition) is 0. The highest BCUT2D eigenvalue weighted by molar-refractivity contribution is 8.43. The smallest absolute Gasteiger partial charge is 0.129 e. The summed E-state index contributed by atoms with van der Waals surface area (Å²) in [5.74, 6) is 2.41. The van der Waals surface area contributed by atoms with E-state index < -0.39 is 0 Å². The number of rotatable bonds is 2. The van der Waals surface area contributed by atoms with Crippen LogP contribution in [0.15, 0.2) is 51.1 Å². The summed E-state index contributed by atoms with van der Waals surface area (Å²) in [6, 6.07) is 3.70. The van der Waals surface area contributed by atoms with Crippen molar-refractivity contribution < 1.29 is 0 Å². The highest BCUT2D eigenvalue weighted by Crippen LogP contribution is 2.63. The van der Waals surface area contributed by atoms with Gasteiger partial charge in [0.05, 0.1) is 16.9 Å². The first-order valence-electron chi connectivity index (χ1n) is 6.13. The zero-order valence-corrected chi connectivity index (χ0v) is 16.0. The van der Waals surface area contributed by atoms with Crippen LogP contribution in [0.3, 0.4) is 0 Å². The fraction of sp³-hybridized carbons (Fsp3) is 0.143. The van der Waals surface area contributed by atoms with E-state index in [0.29, 0.717) is 0 Å². The molecule has 0 saturated heterocycles. The predicted octanol–water partition coefficient (Wildman–Crippen LogP) is 6.05. The first-order chi connectivity index (χ1) is 10.8. The van der Waals surface area contributed by atoms with Gasteiger partial charge in [0.25, 0.3) is 0 Å². The Bertz CT molecular complexity index is 693. The monoisotopic (exact) mass is 396 g/mol. The summed E-state index contributed by atoms with van der Waals surface area (Å²) in [5, 5.41) is 19.5. The Balaban J connectivity index is 1.62. The van der Waals surface area contributed by atoms with Gasteiger partial charge in [-0.1, -0.05) is 53.1 Å². The molecule has 0 N–H and O–H groups in total. The van der Waals surface area contributed by atoms with Crippen LogP contribution in [0.2, 0.25) is 0 Å². The Labute approximate surface area is 155 Å². The number of thioether (sulfide) groups is 6. The molecule has 110 valence electrons. The number of allylic oxidation sites excluding steroid dienone is 4. The quantitative estimate of drug-likeness (QED) is 0.413. The predicted molar refractivity (Wildman–Crippen MR) is 106 cm³/mol. The fourth-order valence-corrected chi connectivity index (χ4v) is 10.0. The first-order valence-corrected chi connectivity index (χ1v) is 11.4. The summed E-state index contributed by atoms with van der Waals surface area (Å²) in [4.78, 5) is 1.14. The average Bonchev–Trinajstić information content (AvgIpc) is 3.17. The third-order valence-electron chi connectivity index (χ3n) is 2.51. The van der Waals surface area contributed by atoms with Crippen LogP contribution in [0.1, 0.15) is 0 Å². The van der Waals surface area contributed by atoms with E-state index >= 15 is 0 Å². The summed E-state index contributed by atoms with van der Waals surface area (Å²) < 4.78 is 5.64. The van der Waals surface area contributed by atoms with Crippen molar-refractivity contribution in [3.8, 4) is 12.1 Å². The number of hydrogen-bond acceptors (Lipinski definition) is 8. The highest BCUT2D eigenvalue weighted by atomic mass is 32.3. The molecule has 0 spiro atoms. The fourth-order valence-electron chi connectivity index (χ4n) is 1.57. The lowest BCUT2D eigenvalue weighted by molar-refractivity contribution is 1.46. The molecule has 0 amide bonds. The van der Waals surface area contributed by atoms with Gasteiger partial charge in [0.15, 0.2) is 0 Å². The number of nitriles is 2. The molecule has 0 aromatic heterocycles. The second kappa shape index (κ2) is 8.05. The third-order valence-corrected chi connectivity index (χ3v) is 11.2. The molecule has 22 heavy (non-hydrogen) atoms. The zero-order chi connectivity index (χ0) is 15.4. The topological polar surface area (TPSA) is 47.6 Å². The van der Waals surface area contributed by atoms with E-state index in [9.17, 15) is 0 Å². The summed E-state index contributed by atoms with van der Waals surface area (Å²) >= 11 is 11.2. The second-order valence-corrected chi connectivity index (χ2v) is 11.2. The molecule has 0 radical (unpaired) electrons. The third kappa shape index (κ3) is 4.00. The van der Waals surface area contributed by atoms with Crippen LogP contribution in [0.25, 0.3) is 0 Å². The molecule has 0 fully saturated rings. The van der Waals surface area contributed by atoms with E-state index in [-0.39, 0.29) is 5.57 Å². The maximum Gasteiger partial charge on any atom is 0.129 e. The number of nitrogens with zero attached hydrogens (tertiary/aromatic N) is 2. The van der Waals surface area contributed by atoms with E-state index in [0.717, 1.165) is 4.91 Å². The molecule has 3 rings (SSSR count). The van der Waals surface area contributed by atoms with Crippen molar-refractivity contribution in [1.29, 1.82) is 10.5 Å². The Kier molecular flexibility index (Phi) is 6.09. The van der Waals surface area contributed by atoms with Crippen LogP contribution in [-0.4, -0.2) is 11.5 Å².